The molecule has 0 unspecified atom stereocenters. The second kappa shape index (κ2) is 4.56. The molecule has 0 amide bonds. The molecule has 0 bridgehead atoms. The van der Waals surface area contributed by atoms with E-state index in [2.05, 4.69) is 6.92 Å². The summed E-state index contributed by atoms with van der Waals surface area (Å²) in [6, 6.07) is 0. The Bertz CT molecular complexity index is 207. The van der Waals surface area contributed by atoms with Crippen LogP contribution in [0.1, 0.15) is 19.3 Å². The van der Waals surface area contributed by atoms with Gasteiger partial charge in [-0.15, -0.1) is 0 Å². The molecule has 0 nitrogen and oxygen atoms in total. The summed E-state index contributed by atoms with van der Waals surface area (Å²) in [5.41, 5.74) is -5.68. The van der Waals surface area contributed by atoms with Crippen molar-refractivity contribution in [1.82, 2.24) is 0 Å². The highest BCUT2D eigenvalue weighted by Gasteiger charge is 2.82. The zero-order valence-corrected chi connectivity index (χ0v) is 8.23. The van der Waals surface area contributed by atoms with Crippen molar-refractivity contribution in [1.29, 1.82) is 0 Å². The second-order valence-electron chi connectivity index (χ2n) is 3.36. The molecule has 9 heteroatoms. The molecule has 0 fully saturated rings. The minimum Gasteiger partial charge on any atom is -0.170 e. The molecule has 17 heavy (non-hydrogen) atoms. The van der Waals surface area contributed by atoms with Crippen molar-refractivity contribution >= 4 is 0 Å². The molecule has 0 aliphatic heterocycles. The summed E-state index contributed by atoms with van der Waals surface area (Å²) >= 11 is 0. The summed E-state index contributed by atoms with van der Waals surface area (Å²) in [6.07, 6.45) is -22.8. The maximum absolute atomic E-state index is 12.2. The lowest BCUT2D eigenvalue weighted by atomic mass is 9.80. The van der Waals surface area contributed by atoms with Gasteiger partial charge < -0.3 is 0 Å². The Morgan fingerprint density at radius 2 is 0.941 bits per heavy atom. The Kier molecular flexibility index (Phi) is 4.40. The molecule has 0 saturated carbocycles. The summed E-state index contributed by atoms with van der Waals surface area (Å²) in [7, 11) is 0. The summed E-state index contributed by atoms with van der Waals surface area (Å²) in [6.45, 7) is 2.93. The van der Waals surface area contributed by atoms with E-state index in [4.69, 9.17) is 0 Å². The van der Waals surface area contributed by atoms with Crippen LogP contribution in [0.4, 0.5) is 39.5 Å². The van der Waals surface area contributed by atoms with Crippen LogP contribution < -0.4 is 0 Å². The lowest BCUT2D eigenvalue weighted by molar-refractivity contribution is -0.429. The molecular weight excluding hydrogens is 267 g/mol. The lowest BCUT2D eigenvalue weighted by Crippen LogP contribution is -2.59. The molecule has 0 aromatic carbocycles. The van der Waals surface area contributed by atoms with Crippen molar-refractivity contribution in [2.24, 2.45) is 5.41 Å². The van der Waals surface area contributed by atoms with E-state index in [0.29, 0.717) is 0 Å². The van der Waals surface area contributed by atoms with E-state index in [0.717, 1.165) is 0 Å². The average Bonchev–Trinajstić information content (AvgIpc) is 1.96. The average molecular weight is 275 g/mol. The quantitative estimate of drug-likeness (QED) is 0.657. The third kappa shape index (κ3) is 2.79. The van der Waals surface area contributed by atoms with Crippen molar-refractivity contribution in [3.63, 3.8) is 0 Å². The van der Waals surface area contributed by atoms with Gasteiger partial charge in [-0.3, -0.25) is 0 Å². The molecule has 0 atom stereocenters. The van der Waals surface area contributed by atoms with Crippen LogP contribution in [0.15, 0.2) is 0 Å². The third-order valence-electron chi connectivity index (χ3n) is 2.25. The first-order chi connectivity index (χ1) is 7.31. The van der Waals surface area contributed by atoms with Gasteiger partial charge in [-0.1, -0.05) is 19.8 Å². The van der Waals surface area contributed by atoms with E-state index < -0.39 is 43.2 Å². The number of unbranched alkanes of at least 4 members (excludes halogenated alkanes) is 1. The largest absolute Gasteiger partial charge is 0.412 e. The van der Waals surface area contributed by atoms with E-state index in [9.17, 15) is 39.5 Å². The Morgan fingerprint density at radius 1 is 0.647 bits per heavy atom. The molecule has 0 heterocycles. The highest BCUT2D eigenvalue weighted by atomic mass is 19.4. The van der Waals surface area contributed by atoms with Gasteiger partial charge in [0.25, 0.3) is 5.41 Å². The molecule has 0 spiro atoms. The standard InChI is InChI=1S/C8H8F9/c1-2-3-4-5(6(9,10)11,7(12,13)14)8(15,16)17/h1-4H2. The van der Waals surface area contributed by atoms with Gasteiger partial charge in [-0.05, 0) is 6.42 Å². The van der Waals surface area contributed by atoms with Crippen LogP contribution in [0.2, 0.25) is 0 Å². The number of hydrogen-bond donors (Lipinski definition) is 0. The topological polar surface area (TPSA) is 0 Å². The molecular formula is C8H8F9. The fourth-order valence-corrected chi connectivity index (χ4v) is 1.30. The van der Waals surface area contributed by atoms with Crippen LogP contribution in [-0.2, 0) is 0 Å². The molecule has 0 aliphatic carbocycles. The van der Waals surface area contributed by atoms with Crippen molar-refractivity contribution in [2.45, 2.75) is 37.8 Å². The normalized spacial score (nSPS) is 15.2. The Morgan fingerprint density at radius 3 is 1.12 bits per heavy atom. The molecule has 0 aliphatic rings. The summed E-state index contributed by atoms with van der Waals surface area (Å²) < 4.78 is 110. The molecule has 1 radical (unpaired) electrons. The number of alkyl halides is 9. The highest BCUT2D eigenvalue weighted by Crippen LogP contribution is 2.61. The number of rotatable bonds is 3. The maximum Gasteiger partial charge on any atom is 0.412 e. The van der Waals surface area contributed by atoms with Crippen LogP contribution in [0.25, 0.3) is 0 Å². The molecule has 0 N–H and O–H groups in total. The Hall–Kier alpha value is -0.630. The minimum atomic E-state index is -6.45. The van der Waals surface area contributed by atoms with E-state index in [-0.39, 0.29) is 0 Å². The summed E-state index contributed by atoms with van der Waals surface area (Å²) in [5.74, 6) is 0. The predicted octanol–water partition coefficient (Wildman–Crippen LogP) is 4.66. The van der Waals surface area contributed by atoms with Gasteiger partial charge >= 0.3 is 18.5 Å². The van der Waals surface area contributed by atoms with Gasteiger partial charge in [0.2, 0.25) is 0 Å². The van der Waals surface area contributed by atoms with Crippen LogP contribution in [0, 0.1) is 12.3 Å². The molecule has 0 aromatic heterocycles. The van der Waals surface area contributed by atoms with Gasteiger partial charge in [0.1, 0.15) is 0 Å². The zero-order chi connectivity index (χ0) is 14.1. The molecule has 0 aromatic rings. The number of hydrogen-bond acceptors (Lipinski definition) is 0. The van der Waals surface area contributed by atoms with Gasteiger partial charge in [-0.2, -0.15) is 39.5 Å². The van der Waals surface area contributed by atoms with Gasteiger partial charge in [0.15, 0.2) is 0 Å². The molecule has 0 rings (SSSR count). The Balaban J connectivity index is 5.75. The third-order valence-corrected chi connectivity index (χ3v) is 2.25. The molecule has 0 saturated heterocycles. The van der Waals surface area contributed by atoms with E-state index in [1.165, 1.54) is 0 Å². The van der Waals surface area contributed by atoms with Crippen LogP contribution in [0.5, 0.6) is 0 Å². The highest BCUT2D eigenvalue weighted by molar-refractivity contribution is 4.99. The summed E-state index contributed by atoms with van der Waals surface area (Å²) in [5, 5.41) is 0. The lowest BCUT2D eigenvalue weighted by Gasteiger charge is -2.38. The first kappa shape index (κ1) is 16.4. The Labute approximate surface area is 90.8 Å². The fraction of sp³-hybridized carbons (Fsp3) is 0.875. The van der Waals surface area contributed by atoms with E-state index in [1.54, 1.807) is 0 Å². The van der Waals surface area contributed by atoms with Crippen molar-refractivity contribution in [2.75, 3.05) is 0 Å². The zero-order valence-electron chi connectivity index (χ0n) is 8.23. The van der Waals surface area contributed by atoms with Crippen LogP contribution in [-0.4, -0.2) is 18.5 Å². The van der Waals surface area contributed by atoms with Gasteiger partial charge in [-0.25, -0.2) is 0 Å². The van der Waals surface area contributed by atoms with Gasteiger partial charge in [0, 0.05) is 0 Å². The van der Waals surface area contributed by atoms with Crippen molar-refractivity contribution in [3.05, 3.63) is 6.92 Å². The smallest absolute Gasteiger partial charge is 0.170 e. The molecule has 103 valence electrons. The van der Waals surface area contributed by atoms with Crippen LogP contribution >= 0.6 is 0 Å². The van der Waals surface area contributed by atoms with Crippen molar-refractivity contribution in [3.8, 4) is 0 Å². The van der Waals surface area contributed by atoms with Crippen LogP contribution in [0.3, 0.4) is 0 Å². The second-order valence-corrected chi connectivity index (χ2v) is 3.36. The summed E-state index contributed by atoms with van der Waals surface area (Å²) in [4.78, 5) is 0. The van der Waals surface area contributed by atoms with Gasteiger partial charge in [0.05, 0.1) is 0 Å². The van der Waals surface area contributed by atoms with Crippen molar-refractivity contribution < 1.29 is 39.5 Å². The first-order valence-electron chi connectivity index (χ1n) is 4.30. The number of halogens is 9. The fourth-order valence-electron chi connectivity index (χ4n) is 1.30. The SMILES string of the molecule is [CH2]CCCC(C(F)(F)F)(C(F)(F)F)C(F)(F)F. The maximum atomic E-state index is 12.2. The first-order valence-corrected chi connectivity index (χ1v) is 4.30. The predicted molar refractivity (Wildman–Crippen MR) is 39.8 cm³/mol. The monoisotopic (exact) mass is 275 g/mol. The van der Waals surface area contributed by atoms with E-state index in [1.807, 2.05) is 0 Å². The van der Waals surface area contributed by atoms with E-state index >= 15 is 0 Å². The minimum absolute atomic E-state index is 0.454.